The molecule has 0 rings (SSSR count). The first-order valence-electron chi connectivity index (χ1n) is 4.87. The first-order chi connectivity index (χ1) is 6.57. The molecular formula is C11H18O3. The Hall–Kier alpha value is -1.12. The molecule has 0 bridgehead atoms. The smallest absolute Gasteiger partial charge is 0.333 e. The Morgan fingerprint density at radius 2 is 2.07 bits per heavy atom. The number of hydrogen-bond donors (Lipinski definition) is 0. The molecule has 0 saturated heterocycles. The molecular weight excluding hydrogens is 180 g/mol. The van der Waals surface area contributed by atoms with E-state index >= 15 is 0 Å². The van der Waals surface area contributed by atoms with Crippen LogP contribution in [0.3, 0.4) is 0 Å². The molecule has 0 atom stereocenters. The number of aldehydes is 1. The van der Waals surface area contributed by atoms with Gasteiger partial charge >= 0.3 is 5.97 Å². The summed E-state index contributed by atoms with van der Waals surface area (Å²) in [4.78, 5) is 21.2. The van der Waals surface area contributed by atoms with Crippen LogP contribution >= 0.6 is 0 Å². The average Bonchev–Trinajstić information content (AvgIpc) is 2.11. The predicted octanol–water partition coefficient (Wildman–Crippen LogP) is 2.11. The van der Waals surface area contributed by atoms with E-state index in [1.807, 2.05) is 19.9 Å². The van der Waals surface area contributed by atoms with E-state index < -0.39 is 0 Å². The predicted molar refractivity (Wildman–Crippen MR) is 54.9 cm³/mol. The number of carbonyl (C=O) groups is 2. The maximum Gasteiger partial charge on any atom is 0.333 e. The maximum absolute atomic E-state index is 11.3. The third-order valence-electron chi connectivity index (χ3n) is 1.60. The van der Waals surface area contributed by atoms with Crippen molar-refractivity contribution in [2.45, 2.75) is 33.6 Å². The Kier molecular flexibility index (Phi) is 6.72. The summed E-state index contributed by atoms with van der Waals surface area (Å²) in [5, 5.41) is 0. The fraction of sp³-hybridized carbons (Fsp3) is 0.636. The lowest BCUT2D eigenvalue weighted by Crippen LogP contribution is -2.07. The number of carbonyl (C=O) groups excluding carboxylic acids is 2. The van der Waals surface area contributed by atoms with Crippen LogP contribution in [0.4, 0.5) is 0 Å². The van der Waals surface area contributed by atoms with Crippen molar-refractivity contribution in [3.05, 3.63) is 11.6 Å². The Bertz CT molecular complexity index is 217. The topological polar surface area (TPSA) is 43.4 Å². The van der Waals surface area contributed by atoms with E-state index in [1.165, 1.54) is 0 Å². The molecule has 0 spiro atoms. The van der Waals surface area contributed by atoms with Gasteiger partial charge in [0.05, 0.1) is 6.61 Å². The van der Waals surface area contributed by atoms with E-state index in [1.54, 1.807) is 6.92 Å². The lowest BCUT2D eigenvalue weighted by molar-refractivity contribution is -0.139. The molecule has 0 heterocycles. The third-order valence-corrected chi connectivity index (χ3v) is 1.60. The first kappa shape index (κ1) is 12.9. The fourth-order valence-electron chi connectivity index (χ4n) is 1.01. The summed E-state index contributed by atoms with van der Waals surface area (Å²) >= 11 is 0. The summed E-state index contributed by atoms with van der Waals surface area (Å²) in [7, 11) is 0. The number of unbranched alkanes of at least 4 members (excludes halogenated alkanes) is 1. The van der Waals surface area contributed by atoms with Crippen LogP contribution < -0.4 is 0 Å². The van der Waals surface area contributed by atoms with Gasteiger partial charge < -0.3 is 9.53 Å². The highest BCUT2D eigenvalue weighted by atomic mass is 16.5. The Balaban J connectivity index is 3.78. The van der Waals surface area contributed by atoms with Crippen LogP contribution in [0.25, 0.3) is 0 Å². The van der Waals surface area contributed by atoms with Crippen molar-refractivity contribution >= 4 is 12.3 Å². The van der Waals surface area contributed by atoms with Gasteiger partial charge in [-0.25, -0.2) is 4.79 Å². The zero-order chi connectivity index (χ0) is 11.0. The molecule has 3 heteroatoms. The molecule has 14 heavy (non-hydrogen) atoms. The van der Waals surface area contributed by atoms with E-state index in [0.717, 1.165) is 6.29 Å². The molecule has 0 saturated carbocycles. The molecule has 0 unspecified atom stereocenters. The maximum atomic E-state index is 11.3. The standard InChI is InChI=1S/C11H18O3/c1-9(2)8-10(3)11(13)14-7-5-4-6-12/h6,8-9H,4-5,7H2,1-3H3. The van der Waals surface area contributed by atoms with Gasteiger partial charge in [0, 0.05) is 12.0 Å². The molecule has 0 radical (unpaired) electrons. The second-order valence-corrected chi connectivity index (χ2v) is 3.54. The Morgan fingerprint density at radius 1 is 1.43 bits per heavy atom. The summed E-state index contributed by atoms with van der Waals surface area (Å²) in [6.07, 6.45) is 3.73. The van der Waals surface area contributed by atoms with Crippen LogP contribution in [0.2, 0.25) is 0 Å². The molecule has 3 nitrogen and oxygen atoms in total. The molecule has 0 fully saturated rings. The van der Waals surface area contributed by atoms with Gasteiger partial charge in [0.1, 0.15) is 6.29 Å². The minimum absolute atomic E-state index is 0.287. The molecule has 0 aromatic carbocycles. The second kappa shape index (κ2) is 7.30. The van der Waals surface area contributed by atoms with Gasteiger partial charge in [0.25, 0.3) is 0 Å². The monoisotopic (exact) mass is 198 g/mol. The number of esters is 1. The van der Waals surface area contributed by atoms with Crippen molar-refractivity contribution in [3.63, 3.8) is 0 Å². The summed E-state index contributed by atoms with van der Waals surface area (Å²) < 4.78 is 4.94. The fourth-order valence-corrected chi connectivity index (χ4v) is 1.01. The lowest BCUT2D eigenvalue weighted by Gasteiger charge is -2.04. The van der Waals surface area contributed by atoms with E-state index in [4.69, 9.17) is 4.74 Å². The highest BCUT2D eigenvalue weighted by Gasteiger charge is 2.05. The van der Waals surface area contributed by atoms with Gasteiger partial charge in [-0.2, -0.15) is 0 Å². The lowest BCUT2D eigenvalue weighted by atomic mass is 10.1. The molecule has 0 amide bonds. The molecule has 0 aliphatic heterocycles. The minimum atomic E-state index is -0.287. The van der Waals surface area contributed by atoms with Crippen molar-refractivity contribution < 1.29 is 14.3 Å². The van der Waals surface area contributed by atoms with Gasteiger partial charge in [-0.1, -0.05) is 19.9 Å². The number of allylic oxidation sites excluding steroid dienone is 1. The van der Waals surface area contributed by atoms with Gasteiger partial charge in [0.15, 0.2) is 0 Å². The Labute approximate surface area is 85.1 Å². The zero-order valence-electron chi connectivity index (χ0n) is 9.08. The van der Waals surface area contributed by atoms with E-state index in [0.29, 0.717) is 30.9 Å². The van der Waals surface area contributed by atoms with E-state index in [9.17, 15) is 9.59 Å². The van der Waals surface area contributed by atoms with E-state index in [2.05, 4.69) is 0 Å². The number of rotatable bonds is 6. The van der Waals surface area contributed by atoms with Crippen LogP contribution in [-0.4, -0.2) is 18.9 Å². The highest BCUT2D eigenvalue weighted by molar-refractivity contribution is 5.87. The average molecular weight is 198 g/mol. The molecule has 0 aliphatic rings. The van der Waals surface area contributed by atoms with Crippen LogP contribution in [-0.2, 0) is 14.3 Å². The summed E-state index contributed by atoms with van der Waals surface area (Å²) in [6.45, 7) is 6.06. The zero-order valence-corrected chi connectivity index (χ0v) is 9.08. The number of hydrogen-bond acceptors (Lipinski definition) is 3. The quantitative estimate of drug-likeness (QED) is 0.284. The van der Waals surface area contributed by atoms with Crippen LogP contribution in [0.1, 0.15) is 33.6 Å². The Morgan fingerprint density at radius 3 is 2.57 bits per heavy atom. The summed E-state index contributed by atoms with van der Waals surface area (Å²) in [5.41, 5.74) is 0.631. The molecule has 80 valence electrons. The van der Waals surface area contributed by atoms with Crippen molar-refractivity contribution in [1.82, 2.24) is 0 Å². The van der Waals surface area contributed by atoms with Gasteiger partial charge in [-0.15, -0.1) is 0 Å². The van der Waals surface area contributed by atoms with Crippen LogP contribution in [0, 0.1) is 5.92 Å². The van der Waals surface area contributed by atoms with Gasteiger partial charge in [0.2, 0.25) is 0 Å². The second-order valence-electron chi connectivity index (χ2n) is 3.54. The molecule has 0 aromatic heterocycles. The number of ether oxygens (including phenoxy) is 1. The summed E-state index contributed by atoms with van der Waals surface area (Å²) in [5.74, 6) is 0.0575. The summed E-state index contributed by atoms with van der Waals surface area (Å²) in [6, 6.07) is 0. The normalized spacial score (nSPS) is 11.6. The SMILES string of the molecule is CC(=CC(C)C)C(=O)OCCCC=O. The van der Waals surface area contributed by atoms with Crippen molar-refractivity contribution in [3.8, 4) is 0 Å². The third kappa shape index (κ3) is 6.40. The molecule has 0 aromatic rings. The highest BCUT2D eigenvalue weighted by Crippen LogP contribution is 2.03. The van der Waals surface area contributed by atoms with E-state index in [-0.39, 0.29) is 5.97 Å². The first-order valence-corrected chi connectivity index (χ1v) is 4.87. The van der Waals surface area contributed by atoms with Gasteiger partial charge in [-0.3, -0.25) is 0 Å². The van der Waals surface area contributed by atoms with Crippen LogP contribution in [0.5, 0.6) is 0 Å². The van der Waals surface area contributed by atoms with Gasteiger partial charge in [-0.05, 0) is 19.3 Å². The molecule has 0 aliphatic carbocycles. The van der Waals surface area contributed by atoms with Crippen molar-refractivity contribution in [1.29, 1.82) is 0 Å². The largest absolute Gasteiger partial charge is 0.462 e. The molecule has 0 N–H and O–H groups in total. The van der Waals surface area contributed by atoms with Crippen LogP contribution in [0.15, 0.2) is 11.6 Å². The minimum Gasteiger partial charge on any atom is -0.462 e. The van der Waals surface area contributed by atoms with Crippen molar-refractivity contribution in [2.24, 2.45) is 5.92 Å². The van der Waals surface area contributed by atoms with Crippen molar-refractivity contribution in [2.75, 3.05) is 6.61 Å².